The van der Waals surface area contributed by atoms with E-state index in [-0.39, 0.29) is 59.4 Å². The number of aliphatic hydroxyl groups excluding tert-OH is 1. The van der Waals surface area contributed by atoms with Crippen LogP contribution in [0, 0.1) is 0 Å². The van der Waals surface area contributed by atoms with Gasteiger partial charge in [-0.3, -0.25) is 18.4 Å². The van der Waals surface area contributed by atoms with Crippen molar-refractivity contribution in [1.29, 1.82) is 0 Å². The Morgan fingerprint density at radius 2 is 1.60 bits per heavy atom. The largest absolute Gasteiger partial charge is 0.481 e. The minimum absolute atomic E-state index is 0.0174. The molecule has 2 aromatic heterocycles. The number of sulfonamides is 1. The van der Waals surface area contributed by atoms with Gasteiger partial charge in [-0.05, 0) is 81.2 Å². The van der Waals surface area contributed by atoms with Crippen LogP contribution in [-0.2, 0) is 78.1 Å². The molecule has 32 heteroatoms. The van der Waals surface area contributed by atoms with Gasteiger partial charge >= 0.3 is 21.7 Å². The molecule has 0 radical (unpaired) electrons. The van der Waals surface area contributed by atoms with Crippen molar-refractivity contribution in [2.45, 2.75) is 111 Å². The lowest BCUT2D eigenvalue weighted by molar-refractivity contribution is -0.121. The molecule has 0 aliphatic carbocycles. The summed E-state index contributed by atoms with van der Waals surface area (Å²) in [4.78, 5) is 67.3. The minimum Gasteiger partial charge on any atom is -0.455 e. The van der Waals surface area contributed by atoms with Crippen molar-refractivity contribution in [1.82, 2.24) is 39.5 Å². The number of phosphoric ester groups is 1. The summed E-state index contributed by atoms with van der Waals surface area (Å²) in [6, 6.07) is 7.94. The zero-order valence-electron chi connectivity index (χ0n) is 44.0. The Labute approximate surface area is 469 Å². The highest BCUT2D eigenvalue weighted by atomic mass is 32.2. The SMILES string of the molecule is Nc1ncnc2c1ncn2[C@@H]1O[C@H](COP(=O)(O)OP(=O)(O)O)[C@@H](O)[C@H]1OC(=O)NCCNC(=O)CCCCCNS(=O)(=O)c1cc(S(=O)(=O)O)ccc1C1=c2cc3c4c(c2Oc2c1cc1c5c2CCCN5CCC1)CCC[N+]=4CCC3. The van der Waals surface area contributed by atoms with E-state index in [1.807, 2.05) is 0 Å². The highest BCUT2D eigenvalue weighted by molar-refractivity contribution is 7.89. The first-order chi connectivity index (χ1) is 39.0. The first-order valence-corrected chi connectivity index (χ1v) is 32.8. The summed E-state index contributed by atoms with van der Waals surface area (Å²) in [6.07, 6.45) is 2.95. The van der Waals surface area contributed by atoms with Crippen molar-refractivity contribution < 1.29 is 82.9 Å². The number of nitrogen functional groups attached to an aromatic ring is 1. The van der Waals surface area contributed by atoms with E-state index >= 15 is 0 Å². The number of fused-ring (bicyclic) bond motifs is 5. The Balaban J connectivity index is 0.734. The third kappa shape index (κ3) is 11.8. The van der Waals surface area contributed by atoms with Gasteiger partial charge in [0.1, 0.15) is 48.6 Å². The van der Waals surface area contributed by atoms with Crippen LogP contribution in [0.3, 0.4) is 0 Å². The molecule has 0 saturated carbocycles. The Kier molecular flexibility index (Phi) is 16.1. The Morgan fingerprint density at radius 1 is 0.854 bits per heavy atom. The van der Waals surface area contributed by atoms with E-state index in [2.05, 4.69) is 60.8 Å². The molecule has 0 spiro atoms. The Bertz CT molecular complexity index is 3880. The number of hydrogen-bond donors (Lipinski definition) is 9. The number of aromatic nitrogens is 4. The molecule has 2 amide bonds. The van der Waals surface area contributed by atoms with Gasteiger partial charge in [-0.15, -0.1) is 0 Å². The highest BCUT2D eigenvalue weighted by Crippen LogP contribution is 2.58. The van der Waals surface area contributed by atoms with Gasteiger partial charge in [-0.2, -0.15) is 12.7 Å². The summed E-state index contributed by atoms with van der Waals surface area (Å²) in [7, 11) is -20.2. The molecular formula is C50H61N10O18P2S2+. The quantitative estimate of drug-likeness (QED) is 0.0225. The van der Waals surface area contributed by atoms with Crippen LogP contribution in [0.4, 0.5) is 16.3 Å². The van der Waals surface area contributed by atoms with Gasteiger partial charge < -0.3 is 55.3 Å². The second-order valence-corrected chi connectivity index (χ2v) is 26.8. The summed E-state index contributed by atoms with van der Waals surface area (Å²) in [5, 5.41) is 18.2. The maximum atomic E-state index is 14.7. The number of phosphoric acid groups is 2. The van der Waals surface area contributed by atoms with E-state index in [1.54, 1.807) is 0 Å². The molecule has 10 N–H and O–H groups in total. The number of carbonyl (C=O) groups excluding carboxylic acids is 2. The number of rotatable bonds is 20. The topological polar surface area (TPSA) is 396 Å². The lowest BCUT2D eigenvalue weighted by Gasteiger charge is -2.39. The molecule has 82 heavy (non-hydrogen) atoms. The molecular weight excluding hydrogens is 1150 g/mol. The van der Waals surface area contributed by atoms with Gasteiger partial charge in [0, 0.05) is 90.7 Å². The average Bonchev–Trinajstić information content (AvgIpc) is 4.11. The third-order valence-electron chi connectivity index (χ3n) is 15.4. The standard InChI is InChI=1S/C50H60N10O18P2S2/c51-47-40-48(55-26-54-47)60(27-56-40)49-46(43(62)36(75-49)25-74-80(67,68)78-79(64,65)66)77-50(63)53-17-16-52-38(61)12-2-1-3-15-57-81(69,70)37-24-30(82(71,72)73)13-14-31(37)39-34-22-28-8-4-18-58-20-6-10-32(41(28)58)44(34)76-45-33-11-7-21-59-19-5-9-29(42(33)59)23-35(39)45/h13-14,22-24,26-27,36,43,46,49,57,62H,1-12,15-21,25H2,(H7-,51,52,53,54,55,61,63,64,65,66,67,68,71,72,73)/p+1/t36-,43-,46-,49-/m1/s1. The molecule has 8 heterocycles. The van der Waals surface area contributed by atoms with E-state index < -0.39 is 77.9 Å². The fourth-order valence-corrected chi connectivity index (χ4v) is 15.5. The molecule has 6 aliphatic rings. The number of ether oxygens (including phenoxy) is 3. The zero-order chi connectivity index (χ0) is 57.9. The predicted molar refractivity (Wildman–Crippen MR) is 290 cm³/mol. The summed E-state index contributed by atoms with van der Waals surface area (Å²) < 4.78 is 121. The first kappa shape index (κ1) is 57.8. The number of carbonyl (C=O) groups is 2. The van der Waals surface area contributed by atoms with Gasteiger partial charge in [0.05, 0.1) is 28.3 Å². The van der Waals surface area contributed by atoms with Crippen molar-refractivity contribution in [3.05, 3.63) is 86.9 Å². The van der Waals surface area contributed by atoms with Gasteiger partial charge in [-0.1, -0.05) is 12.5 Å². The number of nitrogens with zero attached hydrogens (tertiary/aromatic N) is 6. The van der Waals surface area contributed by atoms with Crippen molar-refractivity contribution >= 4 is 76.0 Å². The number of nitrogens with two attached hydrogens (primary N) is 1. The number of benzene rings is 3. The summed E-state index contributed by atoms with van der Waals surface area (Å²) in [5.41, 5.74) is 13.4. The summed E-state index contributed by atoms with van der Waals surface area (Å²) >= 11 is 0. The average molecular weight is 1220 g/mol. The van der Waals surface area contributed by atoms with Gasteiger partial charge in [0.15, 0.2) is 23.8 Å². The molecule has 0 bridgehead atoms. The monoisotopic (exact) mass is 1220 g/mol. The lowest BCUT2D eigenvalue weighted by Crippen LogP contribution is -2.45. The minimum atomic E-state index is -5.48. The molecule has 5 atom stereocenters. The second-order valence-electron chi connectivity index (χ2n) is 20.8. The highest BCUT2D eigenvalue weighted by Gasteiger charge is 2.49. The fourth-order valence-electron chi connectivity index (χ4n) is 12.0. The predicted octanol–water partition coefficient (Wildman–Crippen LogP) is 1.33. The van der Waals surface area contributed by atoms with Gasteiger partial charge in [0.2, 0.25) is 21.3 Å². The Hall–Kier alpha value is -5.98. The van der Waals surface area contributed by atoms with Crippen LogP contribution < -0.4 is 45.9 Å². The van der Waals surface area contributed by atoms with Crippen LogP contribution in [0.25, 0.3) is 16.7 Å². The van der Waals surface area contributed by atoms with E-state index in [0.717, 1.165) is 123 Å². The normalized spacial score (nSPS) is 21.0. The number of amides is 2. The van der Waals surface area contributed by atoms with Gasteiger partial charge in [-0.25, -0.2) is 46.6 Å². The number of unbranched alkanes of at least 4 members (excludes halogenated alkanes) is 2. The second kappa shape index (κ2) is 22.9. The fraction of sp³-hybridized carbons (Fsp3) is 0.480. The molecule has 1 saturated heterocycles. The summed E-state index contributed by atoms with van der Waals surface area (Å²) in [5.74, 6) is 0.967. The van der Waals surface area contributed by atoms with Crippen molar-refractivity contribution in [3.63, 3.8) is 0 Å². The van der Waals surface area contributed by atoms with Crippen molar-refractivity contribution in [2.75, 3.05) is 63.1 Å². The number of hydrogen-bond acceptors (Lipinski definition) is 19. The summed E-state index contributed by atoms with van der Waals surface area (Å²) in [6.45, 7) is 2.46. The number of aryl methyl sites for hydroxylation is 2. The van der Waals surface area contributed by atoms with E-state index in [9.17, 15) is 50.1 Å². The zero-order valence-corrected chi connectivity index (χ0v) is 47.4. The third-order valence-corrected chi connectivity index (χ3v) is 19.9. The van der Waals surface area contributed by atoms with E-state index in [1.165, 1.54) is 34.1 Å². The lowest BCUT2D eigenvalue weighted by atomic mass is 9.82. The van der Waals surface area contributed by atoms with Crippen LogP contribution in [0.15, 0.2) is 52.8 Å². The molecule has 440 valence electrons. The van der Waals surface area contributed by atoms with E-state index in [4.69, 9.17) is 29.7 Å². The van der Waals surface area contributed by atoms with Crippen LogP contribution in [0.1, 0.15) is 91.0 Å². The van der Waals surface area contributed by atoms with Gasteiger partial charge in [0.25, 0.3) is 10.1 Å². The van der Waals surface area contributed by atoms with E-state index in [0.29, 0.717) is 36.3 Å². The first-order valence-electron chi connectivity index (χ1n) is 26.8. The number of nitrogens with one attached hydrogen (secondary N) is 3. The number of aliphatic hydroxyl groups is 1. The van der Waals surface area contributed by atoms with Crippen LogP contribution in [0.5, 0.6) is 11.5 Å². The van der Waals surface area contributed by atoms with Crippen LogP contribution in [-0.4, -0.2) is 143 Å². The number of anilines is 2. The molecule has 11 rings (SSSR count). The van der Waals surface area contributed by atoms with Crippen LogP contribution in [0.2, 0.25) is 0 Å². The molecule has 28 nitrogen and oxygen atoms in total. The smallest absolute Gasteiger partial charge is 0.455 e. The Morgan fingerprint density at radius 3 is 2.38 bits per heavy atom. The van der Waals surface area contributed by atoms with Crippen LogP contribution >= 0.6 is 15.6 Å². The molecule has 1 fully saturated rings. The maximum Gasteiger partial charge on any atom is 0.481 e. The maximum absolute atomic E-state index is 14.7. The molecule has 6 aliphatic heterocycles. The van der Waals surface area contributed by atoms with Crippen molar-refractivity contribution in [2.24, 2.45) is 0 Å². The molecule has 5 aromatic rings. The number of alkyl carbamates (subject to hydrolysis) is 1. The van der Waals surface area contributed by atoms with Crippen molar-refractivity contribution in [3.8, 4) is 11.5 Å². The molecule has 3 aromatic carbocycles. The number of imidazole rings is 1. The molecule has 1 unspecified atom stereocenters.